The van der Waals surface area contributed by atoms with Gasteiger partial charge < -0.3 is 5.73 Å². The molecule has 1 saturated carbocycles. The van der Waals surface area contributed by atoms with Crippen molar-refractivity contribution in [3.8, 4) is 0 Å². The molecule has 0 unspecified atom stereocenters. The molecule has 0 heterocycles. The topological polar surface area (TPSA) is 26.0 Å². The molecule has 0 amide bonds. The minimum Gasteiger partial charge on any atom is -0.327 e. The second-order valence-electron chi connectivity index (χ2n) is 7.43. The molecule has 0 aromatic carbocycles. The summed E-state index contributed by atoms with van der Waals surface area (Å²) in [5.74, 6) is 0. The second-order valence-corrected chi connectivity index (χ2v) is 7.43. The highest BCUT2D eigenvalue weighted by Crippen LogP contribution is 2.23. The third kappa shape index (κ3) is 10.6. The Hall–Kier alpha value is -1.08. The molecule has 0 bridgehead atoms. The summed E-state index contributed by atoms with van der Waals surface area (Å²) in [4.78, 5) is 0. The van der Waals surface area contributed by atoms with E-state index in [2.05, 4.69) is 45.1 Å². The molecule has 136 valence electrons. The van der Waals surface area contributed by atoms with E-state index >= 15 is 0 Å². The lowest BCUT2D eigenvalue weighted by molar-refractivity contribution is 0.596. The van der Waals surface area contributed by atoms with E-state index in [4.69, 9.17) is 5.73 Å². The highest BCUT2D eigenvalue weighted by molar-refractivity contribution is 5.08. The van der Waals surface area contributed by atoms with Crippen molar-refractivity contribution in [2.24, 2.45) is 5.73 Å². The smallest absolute Gasteiger partial charge is 0.0109 e. The Morgan fingerprint density at radius 1 is 0.750 bits per heavy atom. The monoisotopic (exact) mass is 329 g/mol. The summed E-state index contributed by atoms with van der Waals surface area (Å²) >= 11 is 0. The molecular formula is C23H39N. The standard InChI is InChI=1S/C23H39N/c1-20(12-8-13-22(3)18-19-24)10-7-11-21(2)14-9-17-23-15-5-4-6-16-23/h11-12,17-18H,4-10,13-16,19,24H2,1-3H3/b20-12+,21-11+,22-18+. The molecule has 1 nitrogen and oxygen atoms in total. The average Bonchev–Trinajstić information content (AvgIpc) is 2.56. The summed E-state index contributed by atoms with van der Waals surface area (Å²) in [6.45, 7) is 7.39. The van der Waals surface area contributed by atoms with Crippen molar-refractivity contribution in [3.63, 3.8) is 0 Å². The summed E-state index contributed by atoms with van der Waals surface area (Å²) < 4.78 is 0. The summed E-state index contributed by atoms with van der Waals surface area (Å²) in [6, 6.07) is 0. The van der Waals surface area contributed by atoms with Crippen LogP contribution in [0.2, 0.25) is 0 Å². The molecule has 0 spiro atoms. The van der Waals surface area contributed by atoms with Crippen LogP contribution in [0.3, 0.4) is 0 Å². The van der Waals surface area contributed by atoms with Crippen LogP contribution in [0.25, 0.3) is 0 Å². The molecular weight excluding hydrogens is 290 g/mol. The van der Waals surface area contributed by atoms with Crippen molar-refractivity contribution in [3.05, 3.63) is 46.6 Å². The third-order valence-corrected chi connectivity index (χ3v) is 5.00. The first-order chi connectivity index (χ1) is 11.6. The van der Waals surface area contributed by atoms with E-state index in [-0.39, 0.29) is 0 Å². The fraction of sp³-hybridized carbons (Fsp3) is 0.652. The van der Waals surface area contributed by atoms with Crippen molar-refractivity contribution >= 4 is 0 Å². The van der Waals surface area contributed by atoms with E-state index in [0.717, 1.165) is 12.8 Å². The Kier molecular flexibility index (Phi) is 11.6. The van der Waals surface area contributed by atoms with Crippen LogP contribution in [0.1, 0.15) is 91.4 Å². The van der Waals surface area contributed by atoms with Gasteiger partial charge in [-0.3, -0.25) is 0 Å². The van der Waals surface area contributed by atoms with Gasteiger partial charge in [0.15, 0.2) is 0 Å². The maximum absolute atomic E-state index is 5.53. The largest absolute Gasteiger partial charge is 0.327 e. The molecule has 1 aliphatic carbocycles. The number of rotatable bonds is 10. The van der Waals surface area contributed by atoms with Crippen LogP contribution in [0.4, 0.5) is 0 Å². The Morgan fingerprint density at radius 3 is 1.79 bits per heavy atom. The third-order valence-electron chi connectivity index (χ3n) is 5.00. The fourth-order valence-electron chi connectivity index (χ4n) is 3.31. The van der Waals surface area contributed by atoms with Crippen LogP contribution in [-0.4, -0.2) is 6.54 Å². The predicted octanol–water partition coefficient (Wildman–Crippen LogP) is 7.02. The molecule has 0 radical (unpaired) electrons. The normalized spacial score (nSPS) is 17.3. The molecule has 2 N–H and O–H groups in total. The lowest BCUT2D eigenvalue weighted by Gasteiger charge is -2.13. The lowest BCUT2D eigenvalue weighted by atomic mass is 9.93. The van der Waals surface area contributed by atoms with Crippen LogP contribution in [0.5, 0.6) is 0 Å². The summed E-state index contributed by atoms with van der Waals surface area (Å²) in [5, 5.41) is 0. The van der Waals surface area contributed by atoms with Crippen LogP contribution in [0, 0.1) is 0 Å². The van der Waals surface area contributed by atoms with Crippen molar-refractivity contribution in [1.82, 2.24) is 0 Å². The summed E-state index contributed by atoms with van der Waals surface area (Å²) in [6.07, 6.45) is 23.6. The van der Waals surface area contributed by atoms with E-state index in [1.165, 1.54) is 68.9 Å². The average molecular weight is 330 g/mol. The highest BCUT2D eigenvalue weighted by atomic mass is 14.5. The van der Waals surface area contributed by atoms with Crippen molar-refractivity contribution < 1.29 is 0 Å². The van der Waals surface area contributed by atoms with Gasteiger partial charge >= 0.3 is 0 Å². The summed E-state index contributed by atoms with van der Waals surface area (Å²) in [5.41, 5.74) is 11.7. The van der Waals surface area contributed by atoms with Crippen molar-refractivity contribution in [2.45, 2.75) is 91.4 Å². The van der Waals surface area contributed by atoms with Gasteiger partial charge in [0.1, 0.15) is 0 Å². The molecule has 1 aliphatic rings. The Bertz CT molecular complexity index is 454. The molecule has 0 aromatic rings. The van der Waals surface area contributed by atoms with Crippen LogP contribution < -0.4 is 5.73 Å². The SMILES string of the molecule is C/C(=C\CC/C(C)=C/CC/C(C)=C/CN)CCC=C1CCCCC1. The van der Waals surface area contributed by atoms with Gasteiger partial charge in [0.05, 0.1) is 0 Å². The van der Waals surface area contributed by atoms with Gasteiger partial charge in [-0.15, -0.1) is 0 Å². The van der Waals surface area contributed by atoms with Crippen molar-refractivity contribution in [2.75, 3.05) is 6.54 Å². The minimum atomic E-state index is 0.662. The zero-order chi connectivity index (χ0) is 17.6. The molecule has 0 aromatic heterocycles. The fourth-order valence-corrected chi connectivity index (χ4v) is 3.31. The van der Waals surface area contributed by atoms with Gasteiger partial charge in [-0.1, -0.05) is 53.0 Å². The van der Waals surface area contributed by atoms with Gasteiger partial charge in [-0.2, -0.15) is 0 Å². The number of hydrogen-bond acceptors (Lipinski definition) is 1. The van der Waals surface area contributed by atoms with Gasteiger partial charge in [0.2, 0.25) is 0 Å². The van der Waals surface area contributed by atoms with Crippen LogP contribution in [-0.2, 0) is 0 Å². The Labute approximate surface area is 150 Å². The first-order valence-electron chi connectivity index (χ1n) is 9.96. The predicted molar refractivity (Wildman–Crippen MR) is 109 cm³/mol. The number of nitrogens with two attached hydrogens (primary N) is 1. The van der Waals surface area contributed by atoms with E-state index < -0.39 is 0 Å². The molecule has 1 rings (SSSR count). The molecule has 24 heavy (non-hydrogen) atoms. The zero-order valence-corrected chi connectivity index (χ0v) is 16.4. The van der Waals surface area contributed by atoms with Gasteiger partial charge in [-0.25, -0.2) is 0 Å². The van der Waals surface area contributed by atoms with E-state index in [1.54, 1.807) is 11.1 Å². The second kappa shape index (κ2) is 13.2. The zero-order valence-electron chi connectivity index (χ0n) is 16.4. The van der Waals surface area contributed by atoms with E-state index in [0.29, 0.717) is 6.54 Å². The molecule has 0 aliphatic heterocycles. The van der Waals surface area contributed by atoms with Gasteiger partial charge in [0.25, 0.3) is 0 Å². The van der Waals surface area contributed by atoms with Crippen LogP contribution in [0.15, 0.2) is 46.6 Å². The first kappa shape index (κ1) is 21.0. The Morgan fingerprint density at radius 2 is 1.25 bits per heavy atom. The molecule has 0 saturated heterocycles. The van der Waals surface area contributed by atoms with Crippen molar-refractivity contribution in [1.29, 1.82) is 0 Å². The Balaban J connectivity index is 2.18. The van der Waals surface area contributed by atoms with Crippen LogP contribution >= 0.6 is 0 Å². The first-order valence-corrected chi connectivity index (χ1v) is 9.96. The number of hydrogen-bond donors (Lipinski definition) is 1. The summed E-state index contributed by atoms with van der Waals surface area (Å²) in [7, 11) is 0. The lowest BCUT2D eigenvalue weighted by Crippen LogP contribution is -1.94. The number of allylic oxidation sites excluding steroid dienone is 7. The highest BCUT2D eigenvalue weighted by Gasteiger charge is 2.04. The maximum atomic E-state index is 5.53. The van der Waals surface area contributed by atoms with Gasteiger partial charge in [-0.05, 0) is 85.0 Å². The maximum Gasteiger partial charge on any atom is 0.0109 e. The minimum absolute atomic E-state index is 0.662. The molecule has 1 heteroatoms. The quantitative estimate of drug-likeness (QED) is 0.428. The molecule has 1 fully saturated rings. The van der Waals surface area contributed by atoms with E-state index in [9.17, 15) is 0 Å². The van der Waals surface area contributed by atoms with Gasteiger partial charge in [0, 0.05) is 6.54 Å². The molecule has 0 atom stereocenters. The van der Waals surface area contributed by atoms with E-state index in [1.807, 2.05) is 0 Å².